The molecule has 0 unspecified atom stereocenters. The zero-order valence-electron chi connectivity index (χ0n) is 17.0. The fraction of sp³-hybridized carbons (Fsp3) is 0.125. The first kappa shape index (κ1) is 21.0. The van der Waals surface area contributed by atoms with Gasteiger partial charge in [0.2, 0.25) is 0 Å². The lowest BCUT2D eigenvalue weighted by Gasteiger charge is -2.21. The van der Waals surface area contributed by atoms with Crippen molar-refractivity contribution in [1.82, 2.24) is 4.40 Å². The van der Waals surface area contributed by atoms with E-state index in [1.54, 1.807) is 19.1 Å². The fourth-order valence-corrected chi connectivity index (χ4v) is 4.49. The van der Waals surface area contributed by atoms with Gasteiger partial charge in [-0.05, 0) is 47.9 Å². The number of rotatable bonds is 4. The van der Waals surface area contributed by atoms with Gasteiger partial charge in [0.05, 0.1) is 16.0 Å². The molecule has 158 valence electrons. The Balaban J connectivity index is 2.17. The minimum Gasteiger partial charge on any atom is -0.324 e. The Morgan fingerprint density at radius 1 is 0.903 bits per heavy atom. The Hall–Kier alpha value is -3.29. The molecule has 31 heavy (non-hydrogen) atoms. The second-order valence-corrected chi connectivity index (χ2v) is 9.54. The lowest BCUT2D eigenvalue weighted by Crippen LogP contribution is -2.23. The summed E-state index contributed by atoms with van der Waals surface area (Å²) in [5.41, 5.74) is 9.51. The Morgan fingerprint density at radius 2 is 1.52 bits per heavy atom. The number of pyridine rings is 2. The maximum Gasteiger partial charge on any atom is 0.263 e. The molecular weight excluding hydrogens is 415 g/mol. The third-order valence-electron chi connectivity index (χ3n) is 5.23. The van der Waals surface area contributed by atoms with Gasteiger partial charge in [-0.2, -0.15) is 0 Å². The highest BCUT2D eigenvalue weighted by atomic mass is 32.2. The van der Waals surface area contributed by atoms with Crippen molar-refractivity contribution in [3.8, 4) is 22.3 Å². The molecule has 2 aromatic carbocycles. The van der Waals surface area contributed by atoms with Crippen LogP contribution < -0.4 is 11.3 Å². The van der Waals surface area contributed by atoms with Gasteiger partial charge in [-0.25, -0.2) is 12.8 Å². The summed E-state index contributed by atoms with van der Waals surface area (Å²) in [7, 11) is -3.36. The minimum atomic E-state index is -3.36. The van der Waals surface area contributed by atoms with Gasteiger partial charge in [0.15, 0.2) is 9.84 Å². The van der Waals surface area contributed by atoms with Crippen LogP contribution in [0.25, 0.3) is 27.8 Å². The Labute approximate surface area is 179 Å². The number of fused-ring (bicyclic) bond motifs is 1. The zero-order valence-corrected chi connectivity index (χ0v) is 17.9. The molecule has 2 N–H and O–H groups in total. The van der Waals surface area contributed by atoms with Crippen LogP contribution in [0.3, 0.4) is 0 Å². The molecule has 0 aliphatic carbocycles. The quantitative estimate of drug-likeness (QED) is 0.520. The molecule has 0 bridgehead atoms. The van der Waals surface area contributed by atoms with Crippen LogP contribution >= 0.6 is 0 Å². The highest BCUT2D eigenvalue weighted by Gasteiger charge is 2.23. The standard InChI is InChI=1S/C24H21FN2O3S/c1-15(26)21-22(17-8-11-19(12-9-17)31(2,29)30)20-13-10-18(25)14-27(20)24(28)23(21)16-6-4-3-5-7-16/h3-15H,26H2,1-2H3/t15-/m0/s1. The number of nitrogens with two attached hydrogens (primary N) is 1. The van der Waals surface area contributed by atoms with Gasteiger partial charge in [0, 0.05) is 24.1 Å². The lowest BCUT2D eigenvalue weighted by atomic mass is 9.88. The van der Waals surface area contributed by atoms with E-state index in [2.05, 4.69) is 0 Å². The van der Waals surface area contributed by atoms with E-state index in [9.17, 15) is 17.6 Å². The van der Waals surface area contributed by atoms with Crippen LogP contribution in [0.15, 0.2) is 82.6 Å². The van der Waals surface area contributed by atoms with E-state index < -0.39 is 21.7 Å². The molecule has 0 radical (unpaired) electrons. The summed E-state index contributed by atoms with van der Waals surface area (Å²) in [5, 5.41) is 0. The van der Waals surface area contributed by atoms with Gasteiger partial charge in [0.25, 0.3) is 5.56 Å². The molecule has 0 aliphatic rings. The van der Waals surface area contributed by atoms with Gasteiger partial charge in [0.1, 0.15) is 5.82 Å². The van der Waals surface area contributed by atoms with Crippen molar-refractivity contribution >= 4 is 15.4 Å². The van der Waals surface area contributed by atoms with Crippen molar-refractivity contribution in [1.29, 1.82) is 0 Å². The van der Waals surface area contributed by atoms with Gasteiger partial charge in [-0.15, -0.1) is 0 Å². The van der Waals surface area contributed by atoms with E-state index in [0.717, 1.165) is 12.5 Å². The molecule has 4 aromatic rings. The largest absolute Gasteiger partial charge is 0.324 e. The van der Waals surface area contributed by atoms with E-state index in [-0.39, 0.29) is 10.5 Å². The molecule has 0 aliphatic heterocycles. The molecule has 0 saturated carbocycles. The third-order valence-corrected chi connectivity index (χ3v) is 6.36. The first-order valence-corrected chi connectivity index (χ1v) is 11.6. The second-order valence-electron chi connectivity index (χ2n) is 7.52. The SMILES string of the molecule is C[C@H](N)c1c(-c2ccccc2)c(=O)n2cc(F)ccc2c1-c1ccc(S(C)(=O)=O)cc1. The van der Waals surface area contributed by atoms with Crippen molar-refractivity contribution in [2.45, 2.75) is 17.9 Å². The Morgan fingerprint density at radius 3 is 2.10 bits per heavy atom. The summed E-state index contributed by atoms with van der Waals surface area (Å²) in [6.07, 6.45) is 2.30. The summed E-state index contributed by atoms with van der Waals surface area (Å²) in [5.74, 6) is -0.541. The summed E-state index contributed by atoms with van der Waals surface area (Å²) in [4.78, 5) is 13.6. The van der Waals surface area contributed by atoms with Crippen molar-refractivity contribution in [3.63, 3.8) is 0 Å². The summed E-state index contributed by atoms with van der Waals surface area (Å²) < 4.78 is 39.1. The molecule has 2 heterocycles. The number of halogens is 1. The summed E-state index contributed by atoms with van der Waals surface area (Å²) in [6.45, 7) is 1.79. The maximum absolute atomic E-state index is 14.1. The second kappa shape index (κ2) is 7.76. The van der Waals surface area contributed by atoms with Crippen LogP contribution in [-0.2, 0) is 9.84 Å². The molecule has 2 aromatic heterocycles. The molecular formula is C24H21FN2O3S. The first-order chi connectivity index (χ1) is 14.7. The van der Waals surface area contributed by atoms with Crippen LogP contribution in [0, 0.1) is 5.82 Å². The van der Waals surface area contributed by atoms with Crippen LogP contribution in [0.2, 0.25) is 0 Å². The smallest absolute Gasteiger partial charge is 0.263 e. The van der Waals surface area contributed by atoms with E-state index in [4.69, 9.17) is 5.73 Å². The molecule has 0 saturated heterocycles. The molecule has 4 rings (SSSR count). The number of sulfone groups is 1. The van der Waals surface area contributed by atoms with E-state index in [0.29, 0.717) is 33.3 Å². The normalized spacial score (nSPS) is 12.8. The summed E-state index contributed by atoms with van der Waals surface area (Å²) in [6, 6.07) is 17.8. The Kier molecular flexibility index (Phi) is 5.24. The topological polar surface area (TPSA) is 81.6 Å². The van der Waals surface area contributed by atoms with Crippen molar-refractivity contribution in [3.05, 3.63) is 94.7 Å². The molecule has 0 fully saturated rings. The monoisotopic (exact) mass is 436 g/mol. The van der Waals surface area contributed by atoms with E-state index >= 15 is 0 Å². The van der Waals surface area contributed by atoms with Crippen LogP contribution in [-0.4, -0.2) is 19.1 Å². The highest BCUT2D eigenvalue weighted by Crippen LogP contribution is 2.37. The van der Waals surface area contributed by atoms with Gasteiger partial charge < -0.3 is 5.73 Å². The zero-order chi connectivity index (χ0) is 22.3. The predicted octanol–water partition coefficient (Wildman–Crippen LogP) is 4.20. The van der Waals surface area contributed by atoms with Crippen LogP contribution in [0.5, 0.6) is 0 Å². The predicted molar refractivity (Wildman–Crippen MR) is 120 cm³/mol. The van der Waals surface area contributed by atoms with E-state index in [1.807, 2.05) is 30.3 Å². The maximum atomic E-state index is 14.1. The van der Waals surface area contributed by atoms with Crippen LogP contribution in [0.4, 0.5) is 4.39 Å². The van der Waals surface area contributed by atoms with Crippen molar-refractivity contribution in [2.24, 2.45) is 5.73 Å². The summed E-state index contributed by atoms with van der Waals surface area (Å²) >= 11 is 0. The van der Waals surface area contributed by atoms with Gasteiger partial charge >= 0.3 is 0 Å². The number of hydrogen-bond acceptors (Lipinski definition) is 4. The molecule has 5 nitrogen and oxygen atoms in total. The number of aromatic nitrogens is 1. The first-order valence-electron chi connectivity index (χ1n) is 9.67. The van der Waals surface area contributed by atoms with Crippen molar-refractivity contribution in [2.75, 3.05) is 6.26 Å². The number of benzene rings is 2. The van der Waals surface area contributed by atoms with Gasteiger partial charge in [-0.1, -0.05) is 42.5 Å². The molecule has 0 spiro atoms. The lowest BCUT2D eigenvalue weighted by molar-refractivity contribution is 0.602. The van der Waals surface area contributed by atoms with Crippen LogP contribution in [0.1, 0.15) is 18.5 Å². The number of hydrogen-bond donors (Lipinski definition) is 1. The van der Waals surface area contributed by atoms with Crippen molar-refractivity contribution < 1.29 is 12.8 Å². The average Bonchev–Trinajstić information content (AvgIpc) is 2.74. The highest BCUT2D eigenvalue weighted by molar-refractivity contribution is 7.90. The fourth-order valence-electron chi connectivity index (χ4n) is 3.86. The Bertz CT molecular complexity index is 1440. The van der Waals surface area contributed by atoms with Gasteiger partial charge in [-0.3, -0.25) is 9.20 Å². The molecule has 7 heteroatoms. The minimum absolute atomic E-state index is 0.185. The average molecular weight is 437 g/mol. The molecule has 1 atom stereocenters. The molecule has 0 amide bonds. The number of nitrogens with zero attached hydrogens (tertiary/aromatic N) is 1. The van der Waals surface area contributed by atoms with E-state index in [1.165, 1.54) is 28.7 Å². The third kappa shape index (κ3) is 3.78.